The molecule has 140 valence electrons. The van der Waals surface area contributed by atoms with Crippen LogP contribution in [0.3, 0.4) is 0 Å². The largest absolute Gasteiger partial charge is 0.367 e. The Morgan fingerprint density at radius 3 is 2.70 bits per heavy atom. The summed E-state index contributed by atoms with van der Waals surface area (Å²) in [6.07, 6.45) is 2.24. The van der Waals surface area contributed by atoms with E-state index in [0.29, 0.717) is 33.8 Å². The van der Waals surface area contributed by atoms with E-state index in [1.54, 1.807) is 6.07 Å². The molecule has 0 unspecified atom stereocenters. The average molecular weight is 421 g/mol. The minimum absolute atomic E-state index is 0.124. The minimum atomic E-state index is -0.124. The number of carbonyl (C=O) groups is 1. The van der Waals surface area contributed by atoms with E-state index in [4.69, 9.17) is 23.2 Å². The zero-order chi connectivity index (χ0) is 19.2. The van der Waals surface area contributed by atoms with E-state index in [9.17, 15) is 4.79 Å². The van der Waals surface area contributed by atoms with Crippen molar-refractivity contribution < 1.29 is 4.79 Å². The first-order chi connectivity index (χ1) is 13.0. The summed E-state index contributed by atoms with van der Waals surface area (Å²) in [6.45, 7) is 2.79. The standard InChI is InChI=1S/C19H18Cl2N4OS/c1-12-17(27-16(25-12)9-13-5-3-2-4-6-13)19(26)23-8-7-22-18-15(21)10-14(20)11-24-18/h2-6,10-11H,7-9H2,1H3,(H,22,24)(H,23,26). The molecule has 2 aromatic heterocycles. The number of nitrogens with one attached hydrogen (secondary N) is 2. The molecule has 0 aliphatic heterocycles. The van der Waals surface area contributed by atoms with Crippen molar-refractivity contribution in [2.24, 2.45) is 0 Å². The van der Waals surface area contributed by atoms with Crippen molar-refractivity contribution in [3.63, 3.8) is 0 Å². The third-order valence-corrected chi connectivity index (χ3v) is 5.41. The molecule has 0 aliphatic carbocycles. The van der Waals surface area contributed by atoms with Gasteiger partial charge in [0.15, 0.2) is 0 Å². The van der Waals surface area contributed by atoms with E-state index in [0.717, 1.165) is 17.1 Å². The average Bonchev–Trinajstić information content (AvgIpc) is 3.01. The molecule has 0 bridgehead atoms. The fraction of sp³-hybridized carbons (Fsp3) is 0.211. The molecule has 0 aliphatic rings. The number of halogens is 2. The third-order valence-electron chi connectivity index (χ3n) is 3.76. The summed E-state index contributed by atoms with van der Waals surface area (Å²) in [5.74, 6) is 0.413. The molecule has 0 saturated heterocycles. The molecule has 2 N–H and O–H groups in total. The zero-order valence-corrected chi connectivity index (χ0v) is 17.0. The van der Waals surface area contributed by atoms with Crippen molar-refractivity contribution in [3.05, 3.63) is 73.8 Å². The molecule has 8 heteroatoms. The van der Waals surface area contributed by atoms with Gasteiger partial charge in [-0.1, -0.05) is 53.5 Å². The second kappa shape index (κ2) is 9.17. The lowest BCUT2D eigenvalue weighted by Crippen LogP contribution is -2.28. The first-order valence-electron chi connectivity index (χ1n) is 8.36. The highest BCUT2D eigenvalue weighted by Crippen LogP contribution is 2.22. The van der Waals surface area contributed by atoms with Gasteiger partial charge in [0.25, 0.3) is 5.91 Å². The molecule has 3 rings (SSSR count). The van der Waals surface area contributed by atoms with Gasteiger partial charge in [-0.2, -0.15) is 0 Å². The molecule has 0 radical (unpaired) electrons. The Morgan fingerprint density at radius 2 is 1.96 bits per heavy atom. The first kappa shape index (κ1) is 19.6. The van der Waals surface area contributed by atoms with Crippen LogP contribution in [-0.2, 0) is 6.42 Å². The first-order valence-corrected chi connectivity index (χ1v) is 9.93. The van der Waals surface area contributed by atoms with E-state index in [1.807, 2.05) is 25.1 Å². The lowest BCUT2D eigenvalue weighted by molar-refractivity contribution is 0.0958. The smallest absolute Gasteiger partial charge is 0.263 e. The van der Waals surface area contributed by atoms with Gasteiger partial charge in [0, 0.05) is 25.7 Å². The molecular weight excluding hydrogens is 403 g/mol. The molecule has 0 fully saturated rings. The van der Waals surface area contributed by atoms with Gasteiger partial charge >= 0.3 is 0 Å². The highest BCUT2D eigenvalue weighted by atomic mass is 35.5. The number of aryl methyl sites for hydroxylation is 1. The van der Waals surface area contributed by atoms with Crippen LogP contribution < -0.4 is 10.6 Å². The second-order valence-corrected chi connectivity index (χ2v) is 7.78. The van der Waals surface area contributed by atoms with E-state index < -0.39 is 0 Å². The monoisotopic (exact) mass is 420 g/mol. The number of benzene rings is 1. The van der Waals surface area contributed by atoms with Crippen molar-refractivity contribution in [3.8, 4) is 0 Å². The number of nitrogens with zero attached hydrogens (tertiary/aromatic N) is 2. The Labute approximate surface area is 171 Å². The van der Waals surface area contributed by atoms with Crippen LogP contribution in [0.1, 0.15) is 25.9 Å². The summed E-state index contributed by atoms with van der Waals surface area (Å²) in [5, 5.41) is 7.81. The van der Waals surface area contributed by atoms with E-state index >= 15 is 0 Å². The highest BCUT2D eigenvalue weighted by molar-refractivity contribution is 7.13. The Kier molecular flexibility index (Phi) is 6.66. The van der Waals surface area contributed by atoms with Crippen LogP contribution >= 0.6 is 34.5 Å². The van der Waals surface area contributed by atoms with Crippen LogP contribution in [0.5, 0.6) is 0 Å². The summed E-state index contributed by atoms with van der Waals surface area (Å²) in [6, 6.07) is 11.7. The second-order valence-electron chi connectivity index (χ2n) is 5.85. The minimum Gasteiger partial charge on any atom is -0.367 e. The van der Waals surface area contributed by atoms with Crippen LogP contribution in [0.25, 0.3) is 0 Å². The Bertz CT molecular complexity index is 931. The quantitative estimate of drug-likeness (QED) is 0.548. The topological polar surface area (TPSA) is 66.9 Å². The number of amides is 1. The van der Waals surface area contributed by atoms with Gasteiger partial charge in [0.05, 0.1) is 20.7 Å². The predicted molar refractivity (Wildman–Crippen MR) is 111 cm³/mol. The predicted octanol–water partition coefficient (Wildman–Crippen LogP) is 4.59. The summed E-state index contributed by atoms with van der Waals surface area (Å²) in [5.41, 5.74) is 1.92. The maximum atomic E-state index is 12.4. The molecular formula is C19H18Cl2N4OS. The van der Waals surface area contributed by atoms with Crippen LogP contribution in [0.2, 0.25) is 10.0 Å². The van der Waals surface area contributed by atoms with Gasteiger partial charge in [-0.15, -0.1) is 11.3 Å². The SMILES string of the molecule is Cc1nc(Cc2ccccc2)sc1C(=O)NCCNc1ncc(Cl)cc1Cl. The number of hydrogen-bond donors (Lipinski definition) is 2. The van der Waals surface area contributed by atoms with Gasteiger partial charge in [-0.25, -0.2) is 9.97 Å². The van der Waals surface area contributed by atoms with E-state index in [1.165, 1.54) is 23.1 Å². The number of carbonyl (C=O) groups excluding carboxylic acids is 1. The molecule has 0 saturated carbocycles. The van der Waals surface area contributed by atoms with E-state index in [-0.39, 0.29) is 5.91 Å². The number of aromatic nitrogens is 2. The zero-order valence-electron chi connectivity index (χ0n) is 14.6. The van der Waals surface area contributed by atoms with Crippen molar-refractivity contribution in [1.82, 2.24) is 15.3 Å². The van der Waals surface area contributed by atoms with Crippen LogP contribution in [-0.4, -0.2) is 29.0 Å². The van der Waals surface area contributed by atoms with Crippen LogP contribution in [0.15, 0.2) is 42.6 Å². The van der Waals surface area contributed by atoms with E-state index in [2.05, 4.69) is 32.7 Å². The number of thiazole rings is 1. The van der Waals surface area contributed by atoms with Crippen LogP contribution in [0.4, 0.5) is 5.82 Å². The number of anilines is 1. The molecule has 2 heterocycles. The number of hydrogen-bond acceptors (Lipinski definition) is 5. The molecule has 27 heavy (non-hydrogen) atoms. The van der Waals surface area contributed by atoms with Gasteiger partial charge in [-0.05, 0) is 18.6 Å². The van der Waals surface area contributed by atoms with Gasteiger partial charge in [-0.3, -0.25) is 4.79 Å². The lowest BCUT2D eigenvalue weighted by atomic mass is 10.2. The van der Waals surface area contributed by atoms with Gasteiger partial charge in [0.1, 0.15) is 10.7 Å². The summed E-state index contributed by atoms with van der Waals surface area (Å²) in [4.78, 5) is 21.7. The van der Waals surface area contributed by atoms with Crippen molar-refractivity contribution in [2.75, 3.05) is 18.4 Å². The Hall–Kier alpha value is -2.15. The Morgan fingerprint density at radius 1 is 1.19 bits per heavy atom. The molecule has 0 atom stereocenters. The summed E-state index contributed by atoms with van der Waals surface area (Å²) < 4.78 is 0. The summed E-state index contributed by atoms with van der Waals surface area (Å²) >= 11 is 13.3. The van der Waals surface area contributed by atoms with Gasteiger partial charge < -0.3 is 10.6 Å². The maximum Gasteiger partial charge on any atom is 0.263 e. The molecule has 1 aromatic carbocycles. The van der Waals surface area contributed by atoms with Crippen LogP contribution in [0, 0.1) is 6.92 Å². The summed E-state index contributed by atoms with van der Waals surface area (Å²) in [7, 11) is 0. The lowest BCUT2D eigenvalue weighted by Gasteiger charge is -2.08. The maximum absolute atomic E-state index is 12.4. The molecule has 0 spiro atoms. The third kappa shape index (κ3) is 5.42. The fourth-order valence-electron chi connectivity index (χ4n) is 2.49. The molecule has 1 amide bonds. The molecule has 5 nitrogen and oxygen atoms in total. The van der Waals surface area contributed by atoms with Crippen molar-refractivity contribution in [1.29, 1.82) is 0 Å². The Balaban J connectivity index is 1.52. The van der Waals surface area contributed by atoms with Crippen molar-refractivity contribution in [2.45, 2.75) is 13.3 Å². The highest BCUT2D eigenvalue weighted by Gasteiger charge is 2.15. The van der Waals surface area contributed by atoms with Crippen molar-refractivity contribution >= 4 is 46.3 Å². The molecule has 3 aromatic rings. The van der Waals surface area contributed by atoms with Gasteiger partial charge in [0.2, 0.25) is 0 Å². The number of rotatable bonds is 7. The normalized spacial score (nSPS) is 10.6. The number of pyridine rings is 1. The fourth-order valence-corrected chi connectivity index (χ4v) is 3.95.